The lowest BCUT2D eigenvalue weighted by Gasteiger charge is -2.34. The third-order valence-electron chi connectivity index (χ3n) is 6.27. The second kappa shape index (κ2) is 9.83. The molecule has 6 nitrogen and oxygen atoms in total. The average Bonchev–Trinajstić information content (AvgIpc) is 3.29. The summed E-state index contributed by atoms with van der Waals surface area (Å²) < 4.78 is 1.00. The zero-order valence-electron chi connectivity index (χ0n) is 19.2. The number of rotatable bonds is 6. The fourth-order valence-electron chi connectivity index (χ4n) is 4.15. The van der Waals surface area contributed by atoms with Crippen molar-refractivity contribution >= 4 is 33.1 Å². The number of phenols is 1. The van der Waals surface area contributed by atoms with Crippen LogP contribution in [0.2, 0.25) is 0 Å². The van der Waals surface area contributed by atoms with Crippen molar-refractivity contribution in [3.05, 3.63) is 77.9 Å². The molecule has 0 aliphatic carbocycles. The van der Waals surface area contributed by atoms with Gasteiger partial charge in [-0.2, -0.15) is 0 Å². The van der Waals surface area contributed by atoms with E-state index in [1.807, 2.05) is 30.3 Å². The fraction of sp³-hybridized carbons (Fsp3) is 0.259. The van der Waals surface area contributed by atoms with Gasteiger partial charge in [0, 0.05) is 49.5 Å². The van der Waals surface area contributed by atoms with Crippen molar-refractivity contribution in [1.29, 1.82) is 0 Å². The first-order chi connectivity index (χ1) is 16.5. The molecule has 0 bridgehead atoms. The molecule has 34 heavy (non-hydrogen) atoms. The number of fused-ring (bicyclic) bond motifs is 1. The van der Waals surface area contributed by atoms with E-state index in [-0.39, 0.29) is 11.7 Å². The van der Waals surface area contributed by atoms with Gasteiger partial charge in [0.1, 0.15) is 10.8 Å². The van der Waals surface area contributed by atoms with Crippen LogP contribution in [0.1, 0.15) is 15.9 Å². The van der Waals surface area contributed by atoms with Crippen LogP contribution in [-0.4, -0.2) is 60.7 Å². The van der Waals surface area contributed by atoms with Crippen LogP contribution in [0.4, 0.5) is 5.69 Å². The number of piperazine rings is 1. The molecule has 5 rings (SSSR count). The largest absolute Gasteiger partial charge is 0.508 e. The number of nitrogens with one attached hydrogen (secondary N) is 1. The van der Waals surface area contributed by atoms with E-state index in [0.29, 0.717) is 18.5 Å². The molecular weight excluding hydrogens is 444 g/mol. The number of aromatic nitrogens is 1. The van der Waals surface area contributed by atoms with Gasteiger partial charge in [-0.15, -0.1) is 11.3 Å². The van der Waals surface area contributed by atoms with Crippen LogP contribution in [-0.2, 0) is 6.42 Å². The first kappa shape index (κ1) is 22.4. The van der Waals surface area contributed by atoms with E-state index in [4.69, 9.17) is 4.98 Å². The van der Waals surface area contributed by atoms with Crippen LogP contribution < -0.4 is 10.2 Å². The van der Waals surface area contributed by atoms with Gasteiger partial charge in [0.2, 0.25) is 0 Å². The summed E-state index contributed by atoms with van der Waals surface area (Å²) in [4.78, 5) is 22.2. The predicted octanol–water partition coefficient (Wildman–Crippen LogP) is 4.39. The Kier molecular flexibility index (Phi) is 6.47. The van der Waals surface area contributed by atoms with E-state index < -0.39 is 0 Å². The van der Waals surface area contributed by atoms with Gasteiger partial charge in [-0.05, 0) is 73.6 Å². The molecule has 0 radical (unpaired) electrons. The maximum absolute atomic E-state index is 12.6. The summed E-state index contributed by atoms with van der Waals surface area (Å²) in [5, 5.41) is 13.3. The van der Waals surface area contributed by atoms with E-state index in [0.717, 1.165) is 52.5 Å². The Morgan fingerprint density at radius 3 is 2.47 bits per heavy atom. The van der Waals surface area contributed by atoms with Crippen LogP contribution in [0.15, 0.2) is 66.7 Å². The van der Waals surface area contributed by atoms with Crippen LogP contribution >= 0.6 is 11.3 Å². The van der Waals surface area contributed by atoms with Crippen LogP contribution in [0.3, 0.4) is 0 Å². The van der Waals surface area contributed by atoms with Crippen molar-refractivity contribution in [3.63, 3.8) is 0 Å². The predicted molar refractivity (Wildman–Crippen MR) is 139 cm³/mol. The normalized spacial score (nSPS) is 14.4. The molecule has 1 amide bonds. The number of hydrogen-bond donors (Lipinski definition) is 2. The molecule has 0 saturated carbocycles. The Balaban J connectivity index is 1.24. The highest BCUT2D eigenvalue weighted by molar-refractivity contribution is 7.21. The lowest BCUT2D eigenvalue weighted by atomic mass is 10.1. The van der Waals surface area contributed by atoms with E-state index >= 15 is 0 Å². The summed E-state index contributed by atoms with van der Waals surface area (Å²) in [7, 11) is 2.17. The molecule has 2 N–H and O–H groups in total. The van der Waals surface area contributed by atoms with Crippen LogP contribution in [0, 0.1) is 0 Å². The van der Waals surface area contributed by atoms with Gasteiger partial charge in [0.25, 0.3) is 5.91 Å². The molecule has 0 spiro atoms. The molecule has 0 atom stereocenters. The Hall–Kier alpha value is -3.42. The molecule has 1 fully saturated rings. The van der Waals surface area contributed by atoms with Crippen molar-refractivity contribution in [2.75, 3.05) is 44.7 Å². The number of benzene rings is 3. The van der Waals surface area contributed by atoms with Crippen molar-refractivity contribution in [2.45, 2.75) is 6.42 Å². The van der Waals surface area contributed by atoms with E-state index in [2.05, 4.69) is 46.4 Å². The number of aromatic hydroxyl groups is 1. The minimum Gasteiger partial charge on any atom is -0.508 e. The van der Waals surface area contributed by atoms with E-state index in [1.165, 1.54) is 5.69 Å². The second-order valence-corrected chi connectivity index (χ2v) is 9.74. The van der Waals surface area contributed by atoms with E-state index in [9.17, 15) is 9.90 Å². The molecule has 1 aliphatic heterocycles. The standard InChI is InChI=1S/C27H28N4O2S/c1-30-14-16-31(17-15-30)22-7-4-20(5-8-22)27-29-24-11-6-21(18-25(24)34-27)26(33)28-13-12-19-2-9-23(32)10-3-19/h2-11,18,32H,12-17H2,1H3,(H,28,33). The SMILES string of the molecule is CN1CCN(c2ccc(-c3nc4ccc(C(=O)NCCc5ccc(O)cc5)cc4s3)cc2)CC1. The van der Waals surface area contributed by atoms with Crippen molar-refractivity contribution in [2.24, 2.45) is 0 Å². The molecule has 1 aliphatic rings. The number of anilines is 1. The molecule has 2 heterocycles. The van der Waals surface area contributed by atoms with Gasteiger partial charge >= 0.3 is 0 Å². The van der Waals surface area contributed by atoms with Crippen LogP contribution in [0.25, 0.3) is 20.8 Å². The highest BCUT2D eigenvalue weighted by atomic mass is 32.1. The number of hydrogen-bond acceptors (Lipinski definition) is 6. The Bertz CT molecular complexity index is 1280. The van der Waals surface area contributed by atoms with Gasteiger partial charge in [0.05, 0.1) is 10.2 Å². The van der Waals surface area contributed by atoms with Crippen molar-refractivity contribution < 1.29 is 9.90 Å². The third kappa shape index (κ3) is 5.05. The third-order valence-corrected chi connectivity index (χ3v) is 7.34. The summed E-state index contributed by atoms with van der Waals surface area (Å²) >= 11 is 1.61. The summed E-state index contributed by atoms with van der Waals surface area (Å²) in [6.07, 6.45) is 0.711. The number of likely N-dealkylation sites (N-methyl/N-ethyl adjacent to an activating group) is 1. The van der Waals surface area contributed by atoms with Crippen molar-refractivity contribution in [1.82, 2.24) is 15.2 Å². The summed E-state index contributed by atoms with van der Waals surface area (Å²) in [5.74, 6) is 0.156. The number of carbonyl (C=O) groups excluding carboxylic acids is 1. The number of phenolic OH excluding ortho intramolecular Hbond substituents is 1. The first-order valence-electron chi connectivity index (χ1n) is 11.6. The van der Waals surface area contributed by atoms with Gasteiger partial charge in [0.15, 0.2) is 0 Å². The topological polar surface area (TPSA) is 68.7 Å². The monoisotopic (exact) mass is 472 g/mol. The number of amides is 1. The highest BCUT2D eigenvalue weighted by Gasteiger charge is 2.15. The molecule has 4 aromatic rings. The minimum absolute atomic E-state index is 0.0906. The van der Waals surface area contributed by atoms with Gasteiger partial charge in [-0.3, -0.25) is 4.79 Å². The Morgan fingerprint density at radius 2 is 1.74 bits per heavy atom. The second-order valence-electron chi connectivity index (χ2n) is 8.71. The quantitative estimate of drug-likeness (QED) is 0.436. The zero-order valence-corrected chi connectivity index (χ0v) is 20.0. The van der Waals surface area contributed by atoms with Gasteiger partial charge in [-0.1, -0.05) is 12.1 Å². The zero-order chi connectivity index (χ0) is 23.5. The lowest BCUT2D eigenvalue weighted by Crippen LogP contribution is -2.44. The molecule has 1 aromatic heterocycles. The molecule has 3 aromatic carbocycles. The summed E-state index contributed by atoms with van der Waals surface area (Å²) in [6, 6.07) is 21.4. The van der Waals surface area contributed by atoms with Gasteiger partial charge < -0.3 is 20.2 Å². The number of thiazole rings is 1. The number of nitrogens with zero attached hydrogens (tertiary/aromatic N) is 3. The minimum atomic E-state index is -0.0906. The number of carbonyl (C=O) groups is 1. The van der Waals surface area contributed by atoms with Gasteiger partial charge in [-0.25, -0.2) is 4.98 Å². The molecule has 174 valence electrons. The molecule has 7 heteroatoms. The molecule has 1 saturated heterocycles. The smallest absolute Gasteiger partial charge is 0.251 e. The Labute approximate surface area is 203 Å². The average molecular weight is 473 g/mol. The molecular formula is C27H28N4O2S. The summed E-state index contributed by atoms with van der Waals surface area (Å²) in [5.41, 5.74) is 4.96. The fourth-order valence-corrected chi connectivity index (χ4v) is 5.16. The first-order valence-corrected chi connectivity index (χ1v) is 12.4. The van der Waals surface area contributed by atoms with Crippen LogP contribution in [0.5, 0.6) is 5.75 Å². The van der Waals surface area contributed by atoms with E-state index in [1.54, 1.807) is 23.5 Å². The maximum atomic E-state index is 12.6. The maximum Gasteiger partial charge on any atom is 0.251 e. The molecule has 0 unspecified atom stereocenters. The van der Waals surface area contributed by atoms with Crippen molar-refractivity contribution in [3.8, 4) is 16.3 Å². The highest BCUT2D eigenvalue weighted by Crippen LogP contribution is 2.32. The Morgan fingerprint density at radius 1 is 1.00 bits per heavy atom. The summed E-state index contributed by atoms with van der Waals surface area (Å²) in [6.45, 7) is 4.82. The lowest BCUT2D eigenvalue weighted by molar-refractivity contribution is 0.0954.